The number of nitrogens with one attached hydrogen (secondary N) is 1. The molecule has 0 radical (unpaired) electrons. The number of hydrogen-bond acceptors (Lipinski definition) is 2. The lowest BCUT2D eigenvalue weighted by molar-refractivity contribution is 0.413. The van der Waals surface area contributed by atoms with Gasteiger partial charge in [-0.05, 0) is 48.7 Å². The van der Waals surface area contributed by atoms with E-state index < -0.39 is 0 Å². The van der Waals surface area contributed by atoms with Crippen LogP contribution in [0.25, 0.3) is 0 Å². The maximum Gasteiger partial charge on any atom is 0.119 e. The lowest BCUT2D eigenvalue weighted by atomic mass is 10.0. The molecule has 0 aliphatic heterocycles. The number of ether oxygens (including phenoxy) is 1. The second-order valence-corrected chi connectivity index (χ2v) is 5.77. The van der Waals surface area contributed by atoms with Gasteiger partial charge in [0.1, 0.15) is 5.75 Å². The minimum Gasteiger partial charge on any atom is -0.497 e. The smallest absolute Gasteiger partial charge is 0.119 e. The van der Waals surface area contributed by atoms with Gasteiger partial charge in [0, 0.05) is 17.1 Å². The molecule has 0 bridgehead atoms. The van der Waals surface area contributed by atoms with Crippen molar-refractivity contribution in [1.82, 2.24) is 5.32 Å². The van der Waals surface area contributed by atoms with Crippen LogP contribution in [0, 0.1) is 6.92 Å². The molecule has 0 unspecified atom stereocenters. The van der Waals surface area contributed by atoms with Gasteiger partial charge in [-0.1, -0.05) is 40.2 Å². The molecule has 2 rings (SSSR count). The summed E-state index contributed by atoms with van der Waals surface area (Å²) in [4.78, 5) is 0. The summed E-state index contributed by atoms with van der Waals surface area (Å²) >= 11 is 3.58. The molecule has 0 spiro atoms. The van der Waals surface area contributed by atoms with Gasteiger partial charge in [0.2, 0.25) is 0 Å². The monoisotopic (exact) mass is 333 g/mol. The highest BCUT2D eigenvalue weighted by atomic mass is 79.9. The van der Waals surface area contributed by atoms with Crippen molar-refractivity contribution in [3.05, 3.63) is 63.6 Å². The Balaban J connectivity index is 2.07. The molecule has 1 N–H and O–H groups in total. The van der Waals surface area contributed by atoms with Crippen LogP contribution >= 0.6 is 15.9 Å². The molecule has 1 atom stereocenters. The maximum absolute atomic E-state index is 5.27. The van der Waals surface area contributed by atoms with Gasteiger partial charge in [0.25, 0.3) is 0 Å². The van der Waals surface area contributed by atoms with E-state index in [0.29, 0.717) is 6.04 Å². The van der Waals surface area contributed by atoms with E-state index in [9.17, 15) is 0 Å². The Kier molecular flexibility index (Phi) is 5.21. The predicted molar refractivity (Wildman–Crippen MR) is 87.1 cm³/mol. The van der Waals surface area contributed by atoms with Crippen molar-refractivity contribution < 1.29 is 4.74 Å². The molecule has 0 aliphatic carbocycles. The van der Waals surface area contributed by atoms with Gasteiger partial charge in [-0.3, -0.25) is 0 Å². The van der Waals surface area contributed by atoms with Crippen LogP contribution in [0.4, 0.5) is 0 Å². The third-order valence-electron chi connectivity index (χ3n) is 3.51. The van der Waals surface area contributed by atoms with Gasteiger partial charge < -0.3 is 10.1 Å². The minimum absolute atomic E-state index is 0.314. The highest BCUT2D eigenvalue weighted by Gasteiger charge is 2.09. The zero-order valence-electron chi connectivity index (χ0n) is 12.1. The van der Waals surface area contributed by atoms with Crippen molar-refractivity contribution in [3.63, 3.8) is 0 Å². The first-order chi connectivity index (χ1) is 9.61. The Hall–Kier alpha value is -1.32. The summed E-state index contributed by atoms with van der Waals surface area (Å²) in [7, 11) is 1.69. The molecule has 0 amide bonds. The standard InChI is InChI=1S/C17H20BrNO/c1-12-6-4-5-7-16(12)13(2)19-11-14-10-15(20-3)8-9-17(14)18/h4-10,13,19H,11H2,1-3H3/t13-/m1/s1. The Morgan fingerprint density at radius 1 is 1.20 bits per heavy atom. The minimum atomic E-state index is 0.314. The van der Waals surface area contributed by atoms with E-state index >= 15 is 0 Å². The van der Waals surface area contributed by atoms with E-state index in [4.69, 9.17) is 4.74 Å². The molecule has 0 aliphatic rings. The molecule has 0 aromatic heterocycles. The first kappa shape index (κ1) is 15.1. The van der Waals surface area contributed by atoms with Crippen molar-refractivity contribution in [1.29, 1.82) is 0 Å². The van der Waals surface area contributed by atoms with E-state index in [2.05, 4.69) is 65.4 Å². The highest BCUT2D eigenvalue weighted by Crippen LogP contribution is 2.24. The first-order valence-electron chi connectivity index (χ1n) is 6.73. The molecule has 0 saturated heterocycles. The van der Waals surface area contributed by atoms with Crippen LogP contribution in [-0.4, -0.2) is 7.11 Å². The van der Waals surface area contributed by atoms with E-state index in [1.807, 2.05) is 12.1 Å². The average molecular weight is 334 g/mol. The summed E-state index contributed by atoms with van der Waals surface area (Å²) in [5.74, 6) is 0.883. The lowest BCUT2D eigenvalue weighted by Crippen LogP contribution is -2.19. The van der Waals surface area contributed by atoms with Gasteiger partial charge in [-0.25, -0.2) is 0 Å². The summed E-state index contributed by atoms with van der Waals surface area (Å²) in [5, 5.41) is 3.56. The molecule has 106 valence electrons. The molecule has 2 aromatic rings. The fraction of sp³-hybridized carbons (Fsp3) is 0.294. The Morgan fingerprint density at radius 3 is 2.65 bits per heavy atom. The summed E-state index contributed by atoms with van der Waals surface area (Å²) in [6, 6.07) is 14.8. The fourth-order valence-electron chi connectivity index (χ4n) is 2.26. The summed E-state index contributed by atoms with van der Waals surface area (Å²) in [6.07, 6.45) is 0. The molecule has 0 saturated carbocycles. The highest BCUT2D eigenvalue weighted by molar-refractivity contribution is 9.10. The molecule has 3 heteroatoms. The SMILES string of the molecule is COc1ccc(Br)c(CN[C@H](C)c2ccccc2C)c1. The Bertz CT molecular complexity index is 583. The van der Waals surface area contributed by atoms with Crippen molar-refractivity contribution in [2.24, 2.45) is 0 Å². The van der Waals surface area contributed by atoms with Gasteiger partial charge in [0.05, 0.1) is 7.11 Å². The average Bonchev–Trinajstić information content (AvgIpc) is 2.46. The number of hydrogen-bond donors (Lipinski definition) is 1. The van der Waals surface area contributed by atoms with E-state index in [-0.39, 0.29) is 0 Å². The Morgan fingerprint density at radius 2 is 1.95 bits per heavy atom. The molecular weight excluding hydrogens is 314 g/mol. The third-order valence-corrected chi connectivity index (χ3v) is 4.28. The lowest BCUT2D eigenvalue weighted by Gasteiger charge is -2.17. The maximum atomic E-state index is 5.27. The number of benzene rings is 2. The number of halogens is 1. The second-order valence-electron chi connectivity index (χ2n) is 4.92. The molecule has 20 heavy (non-hydrogen) atoms. The van der Waals surface area contributed by atoms with Crippen LogP contribution in [0.1, 0.15) is 29.7 Å². The van der Waals surface area contributed by atoms with Crippen LogP contribution in [0.5, 0.6) is 5.75 Å². The zero-order valence-corrected chi connectivity index (χ0v) is 13.7. The predicted octanol–water partition coefficient (Wildman–Crippen LogP) is 4.62. The summed E-state index contributed by atoms with van der Waals surface area (Å²) in [5.41, 5.74) is 3.86. The normalized spacial score (nSPS) is 12.2. The number of aryl methyl sites for hydroxylation is 1. The van der Waals surface area contributed by atoms with Crippen molar-refractivity contribution in [2.75, 3.05) is 7.11 Å². The van der Waals surface area contributed by atoms with Gasteiger partial charge >= 0.3 is 0 Å². The van der Waals surface area contributed by atoms with E-state index in [0.717, 1.165) is 16.8 Å². The van der Waals surface area contributed by atoms with Crippen LogP contribution in [0.3, 0.4) is 0 Å². The zero-order chi connectivity index (χ0) is 14.5. The van der Waals surface area contributed by atoms with Crippen LogP contribution in [0.2, 0.25) is 0 Å². The van der Waals surface area contributed by atoms with Crippen LogP contribution in [0.15, 0.2) is 46.9 Å². The third kappa shape index (κ3) is 3.62. The van der Waals surface area contributed by atoms with Gasteiger partial charge in [0.15, 0.2) is 0 Å². The van der Waals surface area contributed by atoms with Crippen molar-refractivity contribution >= 4 is 15.9 Å². The molecule has 2 nitrogen and oxygen atoms in total. The summed E-state index contributed by atoms with van der Waals surface area (Å²) < 4.78 is 6.37. The molecular formula is C17H20BrNO. The molecule has 0 heterocycles. The van der Waals surface area contributed by atoms with Crippen LogP contribution < -0.4 is 10.1 Å². The van der Waals surface area contributed by atoms with Crippen LogP contribution in [-0.2, 0) is 6.54 Å². The fourth-order valence-corrected chi connectivity index (χ4v) is 2.65. The topological polar surface area (TPSA) is 21.3 Å². The molecule has 2 aromatic carbocycles. The van der Waals surface area contributed by atoms with Gasteiger partial charge in [-0.15, -0.1) is 0 Å². The first-order valence-corrected chi connectivity index (χ1v) is 7.52. The number of rotatable bonds is 5. The van der Waals surface area contributed by atoms with Crippen molar-refractivity contribution in [2.45, 2.75) is 26.4 Å². The second kappa shape index (κ2) is 6.91. The Labute approximate surface area is 129 Å². The largest absolute Gasteiger partial charge is 0.497 e. The van der Waals surface area contributed by atoms with Crippen molar-refractivity contribution in [3.8, 4) is 5.75 Å². The summed E-state index contributed by atoms with van der Waals surface area (Å²) in [6.45, 7) is 5.14. The van der Waals surface area contributed by atoms with Gasteiger partial charge in [-0.2, -0.15) is 0 Å². The quantitative estimate of drug-likeness (QED) is 0.862. The molecule has 0 fully saturated rings. The number of methoxy groups -OCH3 is 1. The van der Waals surface area contributed by atoms with E-state index in [1.54, 1.807) is 7.11 Å². The van der Waals surface area contributed by atoms with E-state index in [1.165, 1.54) is 16.7 Å².